The molecule has 0 radical (unpaired) electrons. The third-order valence-corrected chi connectivity index (χ3v) is 6.47. The number of esters is 1. The Morgan fingerprint density at radius 1 is 1.21 bits per heavy atom. The fourth-order valence-electron chi connectivity index (χ4n) is 3.71. The van der Waals surface area contributed by atoms with Gasteiger partial charge in [-0.3, -0.25) is 0 Å². The second-order valence-corrected chi connectivity index (χ2v) is 9.93. The number of benzene rings is 2. The fourth-order valence-corrected chi connectivity index (χ4v) is 4.71. The maximum absolute atomic E-state index is 13.0. The van der Waals surface area contributed by atoms with Crippen LogP contribution in [-0.2, 0) is 16.1 Å². The SMILES string of the molecule is CCCOC(=O)C1=C(C)Nc2nc(SCC)nn2C1c1ccc(OCc2cccc(Br)c2)cc1. The van der Waals surface area contributed by atoms with Gasteiger partial charge in [0.2, 0.25) is 11.1 Å². The van der Waals surface area contributed by atoms with Gasteiger partial charge in [-0.15, -0.1) is 5.10 Å². The van der Waals surface area contributed by atoms with E-state index in [2.05, 4.69) is 38.3 Å². The molecule has 1 unspecified atom stereocenters. The Morgan fingerprint density at radius 3 is 2.71 bits per heavy atom. The van der Waals surface area contributed by atoms with Crippen molar-refractivity contribution in [2.45, 2.75) is 45.0 Å². The van der Waals surface area contributed by atoms with Crippen LogP contribution in [0.3, 0.4) is 0 Å². The normalized spacial score (nSPS) is 15.0. The minimum Gasteiger partial charge on any atom is -0.489 e. The number of halogens is 1. The Balaban J connectivity index is 1.62. The number of thioether (sulfide) groups is 1. The van der Waals surface area contributed by atoms with Gasteiger partial charge in [0.1, 0.15) is 18.4 Å². The number of carbonyl (C=O) groups is 1. The van der Waals surface area contributed by atoms with E-state index in [0.717, 1.165) is 33.5 Å². The first-order chi connectivity index (χ1) is 16.5. The summed E-state index contributed by atoms with van der Waals surface area (Å²) in [6, 6.07) is 15.3. The Labute approximate surface area is 212 Å². The fraction of sp³-hybridized carbons (Fsp3) is 0.320. The lowest BCUT2D eigenvalue weighted by atomic mass is 9.96. The van der Waals surface area contributed by atoms with E-state index in [4.69, 9.17) is 9.47 Å². The number of hydrogen-bond donors (Lipinski definition) is 1. The van der Waals surface area contributed by atoms with Gasteiger partial charge < -0.3 is 14.8 Å². The summed E-state index contributed by atoms with van der Waals surface area (Å²) in [6.07, 6.45) is 0.756. The van der Waals surface area contributed by atoms with E-state index < -0.39 is 6.04 Å². The van der Waals surface area contributed by atoms with Crippen molar-refractivity contribution in [2.75, 3.05) is 17.7 Å². The Bertz CT molecular complexity index is 1190. The predicted octanol–water partition coefficient (Wildman–Crippen LogP) is 5.97. The van der Waals surface area contributed by atoms with Gasteiger partial charge in [-0.25, -0.2) is 9.48 Å². The molecule has 3 aromatic rings. The third-order valence-electron chi connectivity index (χ3n) is 5.25. The van der Waals surface area contributed by atoms with Crippen molar-refractivity contribution < 1.29 is 14.3 Å². The number of rotatable bonds is 9. The number of ether oxygens (including phenoxy) is 2. The molecule has 7 nitrogen and oxygen atoms in total. The molecule has 1 aliphatic heterocycles. The van der Waals surface area contributed by atoms with Crippen LogP contribution in [0.4, 0.5) is 5.95 Å². The molecule has 4 rings (SSSR count). The summed E-state index contributed by atoms with van der Waals surface area (Å²) in [7, 11) is 0. The highest BCUT2D eigenvalue weighted by Crippen LogP contribution is 2.37. The highest BCUT2D eigenvalue weighted by atomic mass is 79.9. The Hall–Kier alpha value is -2.78. The molecule has 34 heavy (non-hydrogen) atoms. The number of fused-ring (bicyclic) bond motifs is 1. The number of allylic oxidation sites excluding steroid dienone is 1. The molecule has 2 heterocycles. The highest BCUT2D eigenvalue weighted by Gasteiger charge is 2.35. The van der Waals surface area contributed by atoms with Gasteiger partial charge in [0.25, 0.3) is 0 Å². The molecule has 0 aliphatic carbocycles. The van der Waals surface area contributed by atoms with E-state index in [0.29, 0.717) is 35.6 Å². The molecule has 0 saturated carbocycles. The molecule has 0 bridgehead atoms. The first-order valence-corrected chi connectivity index (χ1v) is 13.0. The molecule has 1 aromatic heterocycles. The van der Waals surface area contributed by atoms with Crippen LogP contribution >= 0.6 is 27.7 Å². The van der Waals surface area contributed by atoms with Crippen molar-refractivity contribution in [3.05, 3.63) is 75.4 Å². The summed E-state index contributed by atoms with van der Waals surface area (Å²) >= 11 is 5.04. The summed E-state index contributed by atoms with van der Waals surface area (Å²) < 4.78 is 14.3. The Morgan fingerprint density at radius 2 is 2.00 bits per heavy atom. The zero-order valence-corrected chi connectivity index (χ0v) is 21.8. The van der Waals surface area contributed by atoms with Gasteiger partial charge in [0.05, 0.1) is 12.2 Å². The monoisotopic (exact) mass is 542 g/mol. The summed E-state index contributed by atoms with van der Waals surface area (Å²) in [5, 5.41) is 8.57. The van der Waals surface area contributed by atoms with E-state index >= 15 is 0 Å². The number of carbonyl (C=O) groups excluding carboxylic acids is 1. The first-order valence-electron chi connectivity index (χ1n) is 11.2. The lowest BCUT2D eigenvalue weighted by Crippen LogP contribution is -2.29. The Kier molecular flexibility index (Phi) is 7.95. The topological polar surface area (TPSA) is 78.3 Å². The number of nitrogens with one attached hydrogen (secondary N) is 1. The van der Waals surface area contributed by atoms with Gasteiger partial charge in [0.15, 0.2) is 0 Å². The maximum atomic E-state index is 13.0. The minimum absolute atomic E-state index is 0.349. The van der Waals surface area contributed by atoms with Crippen molar-refractivity contribution in [1.29, 1.82) is 0 Å². The van der Waals surface area contributed by atoms with Crippen LogP contribution in [0.1, 0.15) is 44.4 Å². The van der Waals surface area contributed by atoms with Crippen LogP contribution in [0.15, 0.2) is 69.4 Å². The summed E-state index contributed by atoms with van der Waals surface area (Å²) in [5.74, 6) is 1.86. The standard InChI is InChI=1S/C25H27BrN4O3S/c1-4-13-32-23(31)21-16(3)27-24-28-25(34-5-2)29-30(24)22(21)18-9-11-20(12-10-18)33-15-17-7-6-8-19(26)14-17/h6-12,14,22H,4-5,13,15H2,1-3H3,(H,27,28,29). The average molecular weight is 543 g/mol. The molecule has 178 valence electrons. The van der Waals surface area contributed by atoms with Gasteiger partial charge in [-0.1, -0.05) is 65.8 Å². The quantitative estimate of drug-likeness (QED) is 0.263. The van der Waals surface area contributed by atoms with Gasteiger partial charge in [-0.2, -0.15) is 4.98 Å². The van der Waals surface area contributed by atoms with Crippen molar-refractivity contribution in [3.63, 3.8) is 0 Å². The molecular formula is C25H27BrN4O3S. The minimum atomic E-state index is -0.446. The van der Waals surface area contributed by atoms with Crippen LogP contribution in [0, 0.1) is 0 Å². The number of anilines is 1. The van der Waals surface area contributed by atoms with Crippen LogP contribution in [0.2, 0.25) is 0 Å². The van der Waals surface area contributed by atoms with Crippen molar-refractivity contribution in [1.82, 2.24) is 14.8 Å². The summed E-state index contributed by atoms with van der Waals surface area (Å²) in [4.78, 5) is 17.6. The molecule has 0 spiro atoms. The van der Waals surface area contributed by atoms with Gasteiger partial charge in [0, 0.05) is 10.2 Å². The molecule has 2 aromatic carbocycles. The predicted molar refractivity (Wildman–Crippen MR) is 137 cm³/mol. The van der Waals surface area contributed by atoms with Gasteiger partial charge >= 0.3 is 5.97 Å². The van der Waals surface area contributed by atoms with E-state index in [-0.39, 0.29) is 5.97 Å². The molecule has 0 saturated heterocycles. The average Bonchev–Trinajstić information content (AvgIpc) is 3.23. The van der Waals surface area contributed by atoms with Crippen molar-refractivity contribution >= 4 is 39.6 Å². The van der Waals surface area contributed by atoms with E-state index in [1.54, 1.807) is 16.4 Å². The number of nitrogens with zero attached hydrogens (tertiary/aromatic N) is 3. The highest BCUT2D eigenvalue weighted by molar-refractivity contribution is 9.10. The lowest BCUT2D eigenvalue weighted by Gasteiger charge is -2.28. The first kappa shape index (κ1) is 24.3. The van der Waals surface area contributed by atoms with Crippen LogP contribution in [0.25, 0.3) is 0 Å². The molecule has 1 aliphatic rings. The molecule has 1 N–H and O–H groups in total. The molecule has 0 fully saturated rings. The summed E-state index contributed by atoms with van der Waals surface area (Å²) in [6.45, 7) is 6.73. The largest absolute Gasteiger partial charge is 0.489 e. The van der Waals surface area contributed by atoms with Crippen LogP contribution in [-0.4, -0.2) is 33.1 Å². The van der Waals surface area contributed by atoms with Crippen molar-refractivity contribution in [2.24, 2.45) is 0 Å². The summed E-state index contributed by atoms with van der Waals surface area (Å²) in [5.41, 5.74) is 3.22. The lowest BCUT2D eigenvalue weighted by molar-refractivity contribution is -0.139. The number of aromatic nitrogens is 3. The van der Waals surface area contributed by atoms with E-state index in [9.17, 15) is 4.79 Å². The molecule has 1 atom stereocenters. The van der Waals surface area contributed by atoms with E-state index in [1.165, 1.54) is 0 Å². The zero-order valence-electron chi connectivity index (χ0n) is 19.4. The van der Waals surface area contributed by atoms with E-state index in [1.807, 2.05) is 62.4 Å². The molecule has 0 amide bonds. The second-order valence-electron chi connectivity index (χ2n) is 7.79. The number of hydrogen-bond acceptors (Lipinski definition) is 7. The molecule has 9 heteroatoms. The van der Waals surface area contributed by atoms with Crippen LogP contribution < -0.4 is 10.1 Å². The van der Waals surface area contributed by atoms with Crippen molar-refractivity contribution in [3.8, 4) is 5.75 Å². The van der Waals surface area contributed by atoms with Crippen LogP contribution in [0.5, 0.6) is 5.75 Å². The van der Waals surface area contributed by atoms with Gasteiger partial charge in [-0.05, 0) is 54.5 Å². The second kappa shape index (κ2) is 11.1. The molecular weight excluding hydrogens is 516 g/mol. The third kappa shape index (κ3) is 5.47. The zero-order chi connectivity index (χ0) is 24.1. The maximum Gasteiger partial charge on any atom is 0.338 e. The smallest absolute Gasteiger partial charge is 0.338 e.